The summed E-state index contributed by atoms with van der Waals surface area (Å²) >= 11 is 7.99. The molecule has 2 aliphatic carbocycles. The molecule has 2 fully saturated rings. The van der Waals surface area contributed by atoms with E-state index in [1.54, 1.807) is 35.3 Å². The Morgan fingerprint density at radius 1 is 1.02 bits per heavy atom. The van der Waals surface area contributed by atoms with Crippen molar-refractivity contribution in [1.82, 2.24) is 24.7 Å². The number of aromatic nitrogens is 5. The van der Waals surface area contributed by atoms with Crippen molar-refractivity contribution >= 4 is 67.5 Å². The minimum Gasteiger partial charge on any atom is -0.325 e. The molecule has 212 valence electrons. The smallest absolute Gasteiger partial charge is 0.240 e. The van der Waals surface area contributed by atoms with Gasteiger partial charge in [0.1, 0.15) is 22.3 Å². The van der Waals surface area contributed by atoms with Gasteiger partial charge in [0.05, 0.1) is 16.9 Å². The second-order valence-electron chi connectivity index (χ2n) is 10.3. The summed E-state index contributed by atoms with van der Waals surface area (Å²) in [5.41, 5.74) is 1.49. The molecule has 7 rings (SSSR count). The number of nitrogens with zero attached hydrogens (tertiary/aromatic N) is 4. The van der Waals surface area contributed by atoms with Crippen LogP contribution in [-0.4, -0.2) is 42.5 Å². The third kappa shape index (κ3) is 4.80. The van der Waals surface area contributed by atoms with E-state index in [0.29, 0.717) is 57.1 Å². The van der Waals surface area contributed by atoms with Crippen molar-refractivity contribution in [2.75, 3.05) is 16.0 Å². The molecule has 0 bridgehead atoms. The molecule has 2 aliphatic rings. The van der Waals surface area contributed by atoms with Crippen LogP contribution < -0.4 is 16.0 Å². The average Bonchev–Trinajstić information content (AvgIpc) is 3.86. The molecule has 2 saturated carbocycles. The lowest BCUT2D eigenvalue weighted by atomic mass is 10.0. The van der Waals surface area contributed by atoms with Gasteiger partial charge in [-0.05, 0) is 68.1 Å². The number of hydrogen-bond donors (Lipinski definition) is 4. The Bertz CT molecular complexity index is 1870. The lowest BCUT2D eigenvalue weighted by molar-refractivity contribution is -0.131. The number of amides is 3. The molecular formula is C28H22ClFN8O3S. The lowest BCUT2D eigenvalue weighted by Gasteiger charge is -2.16. The SMILES string of the molecule is O=C(Nc1nc2[nH]nc(-n3cncc3-c3ccc(NC(=O)C4(C(=O)Nc5ccc(F)cc5)CC4)cc3Cl)c2s1)C1CC1. The second kappa shape index (κ2) is 10.0. The number of thiazole rings is 1. The number of fused-ring (bicyclic) bond motifs is 1. The maximum Gasteiger partial charge on any atom is 0.240 e. The lowest BCUT2D eigenvalue weighted by Crippen LogP contribution is -2.35. The van der Waals surface area contributed by atoms with Gasteiger partial charge in [-0.25, -0.2) is 14.4 Å². The minimum atomic E-state index is -1.20. The van der Waals surface area contributed by atoms with Crippen LogP contribution in [0.15, 0.2) is 55.0 Å². The van der Waals surface area contributed by atoms with Gasteiger partial charge in [0, 0.05) is 22.9 Å². The monoisotopic (exact) mass is 604 g/mol. The number of anilines is 3. The molecule has 0 spiro atoms. The molecule has 3 amide bonds. The molecule has 3 aromatic heterocycles. The molecule has 11 nitrogen and oxygen atoms in total. The second-order valence-corrected chi connectivity index (χ2v) is 11.8. The molecule has 3 heterocycles. The summed E-state index contributed by atoms with van der Waals surface area (Å²) in [6, 6.07) is 10.4. The standard InChI is InChI=1S/C28H22ClFN8O3S/c29-19-11-17(33-26(41)28(9-10-28)25(40)32-16-5-3-15(30)4-6-16)7-8-18(19)20-12-31-13-38(20)23-21-22(36-37-23)34-27(42-21)35-24(39)14-1-2-14/h3-8,11-14H,1-2,9-10H2,(H,32,40)(H,33,41)(H2,34,35,36,37,39). The molecular weight excluding hydrogens is 583 g/mol. The molecule has 2 aromatic carbocycles. The van der Waals surface area contributed by atoms with E-state index in [2.05, 4.69) is 36.1 Å². The number of halogens is 2. The fourth-order valence-electron chi connectivity index (χ4n) is 4.65. The zero-order chi connectivity index (χ0) is 29.0. The van der Waals surface area contributed by atoms with Crippen LogP contribution in [0.25, 0.3) is 27.4 Å². The zero-order valence-corrected chi connectivity index (χ0v) is 23.4. The summed E-state index contributed by atoms with van der Waals surface area (Å²) in [4.78, 5) is 46.9. The average molecular weight is 605 g/mol. The number of H-pyrrole nitrogens is 1. The van der Waals surface area contributed by atoms with E-state index in [-0.39, 0.29) is 11.8 Å². The first kappa shape index (κ1) is 26.3. The van der Waals surface area contributed by atoms with Crippen LogP contribution in [0.3, 0.4) is 0 Å². The predicted octanol–water partition coefficient (Wildman–Crippen LogP) is 5.37. The van der Waals surface area contributed by atoms with Crippen LogP contribution in [0.1, 0.15) is 25.7 Å². The van der Waals surface area contributed by atoms with Gasteiger partial charge in [0.25, 0.3) is 0 Å². The van der Waals surface area contributed by atoms with Crippen molar-refractivity contribution in [3.05, 3.63) is 65.8 Å². The number of hydrogen-bond acceptors (Lipinski definition) is 7. The Labute approximate surface area is 246 Å². The zero-order valence-electron chi connectivity index (χ0n) is 21.8. The van der Waals surface area contributed by atoms with Gasteiger partial charge in [0.15, 0.2) is 16.6 Å². The van der Waals surface area contributed by atoms with E-state index in [4.69, 9.17) is 11.6 Å². The summed E-state index contributed by atoms with van der Waals surface area (Å²) < 4.78 is 15.7. The van der Waals surface area contributed by atoms with Gasteiger partial charge in [0.2, 0.25) is 17.7 Å². The first-order chi connectivity index (χ1) is 20.3. The summed E-state index contributed by atoms with van der Waals surface area (Å²) in [5.74, 6) is -0.706. The van der Waals surface area contributed by atoms with Crippen molar-refractivity contribution in [3.8, 4) is 17.1 Å². The van der Waals surface area contributed by atoms with Crippen LogP contribution in [0, 0.1) is 17.2 Å². The molecule has 0 atom stereocenters. The van der Waals surface area contributed by atoms with Crippen molar-refractivity contribution in [2.45, 2.75) is 25.7 Å². The molecule has 0 unspecified atom stereocenters. The van der Waals surface area contributed by atoms with Crippen molar-refractivity contribution < 1.29 is 18.8 Å². The van der Waals surface area contributed by atoms with E-state index < -0.39 is 23.0 Å². The molecule has 42 heavy (non-hydrogen) atoms. The van der Waals surface area contributed by atoms with Crippen molar-refractivity contribution in [3.63, 3.8) is 0 Å². The number of aromatic amines is 1. The van der Waals surface area contributed by atoms with Gasteiger partial charge >= 0.3 is 0 Å². The summed E-state index contributed by atoms with van der Waals surface area (Å²) in [7, 11) is 0. The van der Waals surface area contributed by atoms with E-state index in [9.17, 15) is 18.8 Å². The third-order valence-electron chi connectivity index (χ3n) is 7.37. The number of imidazole rings is 1. The highest BCUT2D eigenvalue weighted by Gasteiger charge is 2.56. The fraction of sp³-hybridized carbons (Fsp3) is 0.214. The number of carbonyl (C=O) groups excluding carboxylic acids is 3. The summed E-state index contributed by atoms with van der Waals surface area (Å²) in [6.07, 6.45) is 5.86. The van der Waals surface area contributed by atoms with Crippen LogP contribution in [-0.2, 0) is 14.4 Å². The highest BCUT2D eigenvalue weighted by Crippen LogP contribution is 2.48. The Kier molecular flexibility index (Phi) is 6.28. The quantitative estimate of drug-likeness (QED) is 0.175. The Hall–Kier alpha value is -4.62. The normalized spacial score (nSPS) is 15.4. The van der Waals surface area contributed by atoms with Gasteiger partial charge < -0.3 is 16.0 Å². The van der Waals surface area contributed by atoms with Crippen LogP contribution >= 0.6 is 22.9 Å². The van der Waals surface area contributed by atoms with E-state index >= 15 is 0 Å². The Balaban J connectivity index is 1.09. The van der Waals surface area contributed by atoms with E-state index in [1.807, 2.05) is 0 Å². The van der Waals surface area contributed by atoms with Gasteiger partial charge in [-0.15, -0.1) is 0 Å². The maximum atomic E-state index is 13.2. The summed E-state index contributed by atoms with van der Waals surface area (Å²) in [5, 5.41) is 16.5. The highest BCUT2D eigenvalue weighted by atomic mass is 35.5. The molecule has 0 aliphatic heterocycles. The number of nitrogens with one attached hydrogen (secondary N) is 4. The number of rotatable bonds is 8. The van der Waals surface area contributed by atoms with Crippen molar-refractivity contribution in [1.29, 1.82) is 0 Å². The first-order valence-corrected chi connectivity index (χ1v) is 14.4. The topological polar surface area (TPSA) is 147 Å². The molecule has 0 radical (unpaired) electrons. The molecule has 5 aromatic rings. The predicted molar refractivity (Wildman–Crippen MR) is 156 cm³/mol. The largest absolute Gasteiger partial charge is 0.325 e. The van der Waals surface area contributed by atoms with Gasteiger partial charge in [-0.2, -0.15) is 5.10 Å². The Morgan fingerprint density at radius 3 is 2.43 bits per heavy atom. The molecule has 0 saturated heterocycles. The highest BCUT2D eigenvalue weighted by molar-refractivity contribution is 7.22. The third-order valence-corrected chi connectivity index (χ3v) is 8.65. The van der Waals surface area contributed by atoms with Crippen molar-refractivity contribution in [2.24, 2.45) is 11.3 Å². The molecule has 4 N–H and O–H groups in total. The maximum absolute atomic E-state index is 13.2. The number of benzene rings is 2. The summed E-state index contributed by atoms with van der Waals surface area (Å²) in [6.45, 7) is 0. The number of carbonyl (C=O) groups is 3. The van der Waals surface area contributed by atoms with Crippen LogP contribution in [0.4, 0.5) is 20.9 Å². The van der Waals surface area contributed by atoms with Crippen LogP contribution in [0.2, 0.25) is 5.02 Å². The van der Waals surface area contributed by atoms with Crippen LogP contribution in [0.5, 0.6) is 0 Å². The Morgan fingerprint density at radius 2 is 1.74 bits per heavy atom. The fourth-order valence-corrected chi connectivity index (χ4v) is 5.84. The van der Waals surface area contributed by atoms with Gasteiger partial charge in [-0.3, -0.25) is 24.0 Å². The van der Waals surface area contributed by atoms with E-state index in [1.165, 1.54) is 35.6 Å². The van der Waals surface area contributed by atoms with E-state index in [0.717, 1.165) is 17.5 Å². The molecule has 14 heteroatoms. The first-order valence-electron chi connectivity index (χ1n) is 13.2. The van der Waals surface area contributed by atoms with Gasteiger partial charge in [-0.1, -0.05) is 22.9 Å². The minimum absolute atomic E-state index is 0.0238.